The second-order valence-electron chi connectivity index (χ2n) is 5.41. The first-order valence-electron chi connectivity index (χ1n) is 6.13. The molecule has 1 unspecified atom stereocenters. The molecular formula is C12H22N2O. The lowest BCUT2D eigenvalue weighted by atomic mass is 9.80. The first-order valence-corrected chi connectivity index (χ1v) is 6.13. The summed E-state index contributed by atoms with van der Waals surface area (Å²) in [7, 11) is 0. The minimum atomic E-state index is -0.131. The summed E-state index contributed by atoms with van der Waals surface area (Å²) in [5, 5.41) is 6.49. The Morgan fingerprint density at radius 1 is 1.40 bits per heavy atom. The van der Waals surface area contributed by atoms with Gasteiger partial charge in [-0.1, -0.05) is 6.92 Å². The average molecular weight is 210 g/mol. The second-order valence-corrected chi connectivity index (χ2v) is 5.41. The fraction of sp³-hybridized carbons (Fsp3) is 0.917. The van der Waals surface area contributed by atoms with E-state index >= 15 is 0 Å². The molecule has 15 heavy (non-hydrogen) atoms. The topological polar surface area (TPSA) is 41.1 Å². The Morgan fingerprint density at radius 2 is 2.00 bits per heavy atom. The van der Waals surface area contributed by atoms with Gasteiger partial charge in [-0.2, -0.15) is 0 Å². The highest BCUT2D eigenvalue weighted by atomic mass is 16.2. The largest absolute Gasteiger partial charge is 0.353 e. The Hall–Kier alpha value is -0.570. The molecule has 2 aliphatic rings. The van der Waals surface area contributed by atoms with Crippen LogP contribution in [0.3, 0.4) is 0 Å². The third-order valence-electron chi connectivity index (χ3n) is 3.94. The molecule has 2 N–H and O–H groups in total. The van der Waals surface area contributed by atoms with Crippen LogP contribution in [-0.4, -0.2) is 25.0 Å². The predicted octanol–water partition coefficient (Wildman–Crippen LogP) is 1.29. The summed E-state index contributed by atoms with van der Waals surface area (Å²) in [6.45, 7) is 6.19. The Bertz CT molecular complexity index is 242. The van der Waals surface area contributed by atoms with Crippen molar-refractivity contribution >= 4 is 5.91 Å². The van der Waals surface area contributed by atoms with Gasteiger partial charge in [0.15, 0.2) is 0 Å². The summed E-state index contributed by atoms with van der Waals surface area (Å²) >= 11 is 0. The van der Waals surface area contributed by atoms with Crippen LogP contribution in [0.2, 0.25) is 0 Å². The highest BCUT2D eigenvalue weighted by molar-refractivity contribution is 5.82. The first kappa shape index (κ1) is 10.9. The van der Waals surface area contributed by atoms with E-state index in [0.717, 1.165) is 31.8 Å². The number of carbonyl (C=O) groups is 1. The third-order valence-corrected chi connectivity index (χ3v) is 3.94. The number of nitrogens with one attached hydrogen (secondary N) is 2. The van der Waals surface area contributed by atoms with Crippen LogP contribution >= 0.6 is 0 Å². The minimum absolute atomic E-state index is 0.131. The maximum atomic E-state index is 12.1. The molecule has 1 saturated carbocycles. The number of hydrogen-bond donors (Lipinski definition) is 2. The van der Waals surface area contributed by atoms with E-state index in [1.807, 2.05) is 0 Å². The van der Waals surface area contributed by atoms with E-state index in [1.54, 1.807) is 0 Å². The van der Waals surface area contributed by atoms with E-state index in [-0.39, 0.29) is 11.3 Å². The maximum Gasteiger partial charge on any atom is 0.226 e. The van der Waals surface area contributed by atoms with Crippen molar-refractivity contribution in [1.29, 1.82) is 0 Å². The zero-order valence-electron chi connectivity index (χ0n) is 9.81. The summed E-state index contributed by atoms with van der Waals surface area (Å²) < 4.78 is 0. The molecule has 1 aliphatic heterocycles. The van der Waals surface area contributed by atoms with E-state index in [0.29, 0.717) is 6.04 Å². The Balaban J connectivity index is 1.87. The number of amides is 1. The van der Waals surface area contributed by atoms with Gasteiger partial charge < -0.3 is 10.6 Å². The van der Waals surface area contributed by atoms with Crippen molar-refractivity contribution in [2.45, 2.75) is 45.6 Å². The quantitative estimate of drug-likeness (QED) is 0.737. The van der Waals surface area contributed by atoms with Gasteiger partial charge in [-0.05, 0) is 51.6 Å². The molecule has 0 aromatic rings. The van der Waals surface area contributed by atoms with Gasteiger partial charge in [-0.3, -0.25) is 4.79 Å². The summed E-state index contributed by atoms with van der Waals surface area (Å²) in [5.41, 5.74) is -0.131. The van der Waals surface area contributed by atoms with Crippen molar-refractivity contribution in [3.63, 3.8) is 0 Å². The van der Waals surface area contributed by atoms with Crippen LogP contribution < -0.4 is 10.6 Å². The molecule has 0 spiro atoms. The van der Waals surface area contributed by atoms with Gasteiger partial charge in [0.25, 0.3) is 0 Å². The van der Waals surface area contributed by atoms with Gasteiger partial charge in [-0.25, -0.2) is 0 Å². The average Bonchev–Trinajstić information content (AvgIpc) is 3.01. The van der Waals surface area contributed by atoms with Gasteiger partial charge in [-0.15, -0.1) is 0 Å². The monoisotopic (exact) mass is 210 g/mol. The Kier molecular flexibility index (Phi) is 3.01. The van der Waals surface area contributed by atoms with Gasteiger partial charge >= 0.3 is 0 Å². The van der Waals surface area contributed by atoms with Crippen LogP contribution in [0.25, 0.3) is 0 Å². The van der Waals surface area contributed by atoms with Crippen LogP contribution in [0.4, 0.5) is 0 Å². The van der Waals surface area contributed by atoms with E-state index in [2.05, 4.69) is 24.5 Å². The van der Waals surface area contributed by atoms with E-state index in [9.17, 15) is 4.79 Å². The Morgan fingerprint density at radius 3 is 2.53 bits per heavy atom. The first-order chi connectivity index (χ1) is 7.12. The number of hydrogen-bond acceptors (Lipinski definition) is 2. The lowest BCUT2D eigenvalue weighted by Crippen LogP contribution is -2.48. The summed E-state index contributed by atoms with van der Waals surface area (Å²) in [6, 6.07) is 0.379. The van der Waals surface area contributed by atoms with Crippen molar-refractivity contribution in [3.8, 4) is 0 Å². The van der Waals surface area contributed by atoms with Gasteiger partial charge in [0, 0.05) is 11.5 Å². The van der Waals surface area contributed by atoms with Gasteiger partial charge in [0.05, 0.1) is 0 Å². The molecule has 0 aromatic heterocycles. The molecule has 0 radical (unpaired) electrons. The van der Waals surface area contributed by atoms with Gasteiger partial charge in [0.2, 0.25) is 5.91 Å². The molecule has 1 saturated heterocycles. The molecular weight excluding hydrogens is 188 g/mol. The third kappa shape index (κ3) is 2.51. The molecule has 3 nitrogen and oxygen atoms in total. The van der Waals surface area contributed by atoms with Crippen LogP contribution in [-0.2, 0) is 4.79 Å². The van der Waals surface area contributed by atoms with Crippen molar-refractivity contribution in [3.05, 3.63) is 0 Å². The van der Waals surface area contributed by atoms with Crippen molar-refractivity contribution in [2.24, 2.45) is 11.3 Å². The second kappa shape index (κ2) is 4.12. The summed E-state index contributed by atoms with van der Waals surface area (Å²) in [5.74, 6) is 1.02. The summed E-state index contributed by atoms with van der Waals surface area (Å²) in [4.78, 5) is 12.1. The molecule has 0 bridgehead atoms. The molecule has 1 aliphatic carbocycles. The van der Waals surface area contributed by atoms with Crippen LogP contribution in [0.5, 0.6) is 0 Å². The number of piperidine rings is 1. The minimum Gasteiger partial charge on any atom is -0.353 e. The van der Waals surface area contributed by atoms with E-state index in [4.69, 9.17) is 0 Å². The zero-order chi connectivity index (χ0) is 10.9. The molecule has 2 rings (SSSR count). The Labute approximate surface area is 92.0 Å². The fourth-order valence-electron chi connectivity index (χ4n) is 2.30. The molecule has 2 fully saturated rings. The van der Waals surface area contributed by atoms with E-state index < -0.39 is 0 Å². The van der Waals surface area contributed by atoms with Crippen LogP contribution in [0.15, 0.2) is 0 Å². The highest BCUT2D eigenvalue weighted by Gasteiger charge is 2.37. The van der Waals surface area contributed by atoms with Crippen LogP contribution in [0.1, 0.15) is 39.5 Å². The molecule has 3 heteroatoms. The molecule has 86 valence electrons. The lowest BCUT2D eigenvalue weighted by molar-refractivity contribution is -0.132. The normalized spacial score (nSPS) is 27.1. The van der Waals surface area contributed by atoms with Crippen molar-refractivity contribution in [2.75, 3.05) is 13.1 Å². The zero-order valence-corrected chi connectivity index (χ0v) is 9.81. The number of carbonyl (C=O) groups excluding carboxylic acids is 1. The molecule has 1 atom stereocenters. The molecule has 1 amide bonds. The van der Waals surface area contributed by atoms with Gasteiger partial charge in [0.1, 0.15) is 0 Å². The van der Waals surface area contributed by atoms with E-state index in [1.165, 1.54) is 12.8 Å². The molecule has 1 heterocycles. The smallest absolute Gasteiger partial charge is 0.226 e. The highest BCUT2D eigenvalue weighted by Crippen LogP contribution is 2.34. The van der Waals surface area contributed by atoms with Crippen molar-refractivity contribution in [1.82, 2.24) is 10.6 Å². The standard InChI is InChI=1S/C12H22N2O/c1-9(10-3-4-10)14-11(15)12(2)5-7-13-8-6-12/h9-10,13H,3-8H2,1-2H3,(H,14,15). The SMILES string of the molecule is CC(NC(=O)C1(C)CCNCC1)C1CC1. The lowest BCUT2D eigenvalue weighted by Gasteiger charge is -2.33. The van der Waals surface area contributed by atoms with Crippen molar-refractivity contribution < 1.29 is 4.79 Å². The molecule has 0 aromatic carbocycles. The number of rotatable bonds is 3. The van der Waals surface area contributed by atoms with Crippen LogP contribution in [0, 0.1) is 11.3 Å². The maximum absolute atomic E-state index is 12.1. The summed E-state index contributed by atoms with van der Waals surface area (Å²) in [6.07, 6.45) is 4.52. The fourth-order valence-corrected chi connectivity index (χ4v) is 2.30. The predicted molar refractivity (Wildman–Crippen MR) is 60.5 cm³/mol.